The summed E-state index contributed by atoms with van der Waals surface area (Å²) in [5.41, 5.74) is 1.57. The zero-order valence-corrected chi connectivity index (χ0v) is 21.7. The van der Waals surface area contributed by atoms with Crippen molar-refractivity contribution >= 4 is 28.5 Å². The largest absolute Gasteiger partial charge is 0.466 e. The van der Waals surface area contributed by atoms with E-state index in [1.165, 1.54) is 0 Å². The molecule has 11 heteroatoms. The number of rotatable bonds is 5. The molecule has 206 valence electrons. The number of aromatic nitrogens is 2. The Morgan fingerprint density at radius 2 is 1.82 bits per heavy atom. The Morgan fingerprint density at radius 1 is 1.13 bits per heavy atom. The molecule has 0 aliphatic carbocycles. The van der Waals surface area contributed by atoms with Gasteiger partial charge in [0.1, 0.15) is 11.6 Å². The minimum absolute atomic E-state index is 0.117. The summed E-state index contributed by atoms with van der Waals surface area (Å²) in [5.74, 6) is 0.107. The molecule has 1 fully saturated rings. The van der Waals surface area contributed by atoms with Gasteiger partial charge in [0.15, 0.2) is 0 Å². The summed E-state index contributed by atoms with van der Waals surface area (Å²) >= 11 is 0. The maximum Gasteiger partial charge on any atom is 0.419 e. The first-order valence-corrected chi connectivity index (χ1v) is 12.9. The Morgan fingerprint density at radius 3 is 2.46 bits per heavy atom. The summed E-state index contributed by atoms with van der Waals surface area (Å²) in [4.78, 5) is 28.0. The van der Waals surface area contributed by atoms with Gasteiger partial charge in [-0.15, -0.1) is 0 Å². The molecule has 2 aliphatic heterocycles. The van der Waals surface area contributed by atoms with E-state index in [0.717, 1.165) is 55.2 Å². The molecule has 1 saturated heterocycles. The van der Waals surface area contributed by atoms with Gasteiger partial charge in [-0.25, -0.2) is 14.4 Å². The predicted molar refractivity (Wildman–Crippen MR) is 140 cm³/mol. The van der Waals surface area contributed by atoms with Crippen molar-refractivity contribution in [1.82, 2.24) is 19.8 Å². The van der Waals surface area contributed by atoms with E-state index in [2.05, 4.69) is 19.8 Å². The van der Waals surface area contributed by atoms with Crippen LogP contribution in [0.4, 0.5) is 17.6 Å². The molecule has 0 saturated carbocycles. The molecule has 1 N–H and O–H groups in total. The second-order valence-corrected chi connectivity index (χ2v) is 9.89. The second kappa shape index (κ2) is 10.7. The van der Waals surface area contributed by atoms with Crippen LogP contribution in [0.3, 0.4) is 0 Å². The van der Waals surface area contributed by atoms with Crippen LogP contribution in [0.5, 0.6) is 0 Å². The van der Waals surface area contributed by atoms with Gasteiger partial charge in [-0.1, -0.05) is 24.3 Å². The molecule has 2 aliphatic rings. The molecule has 5 rings (SSSR count). The maximum absolute atomic E-state index is 13.9. The highest BCUT2D eigenvalue weighted by Crippen LogP contribution is 2.34. The zero-order valence-electron chi connectivity index (χ0n) is 21.7. The number of piperidine rings is 1. The van der Waals surface area contributed by atoms with Crippen molar-refractivity contribution in [2.24, 2.45) is 10.9 Å². The lowest BCUT2D eigenvalue weighted by molar-refractivity contribution is -0.144. The Hall–Kier alpha value is -3.89. The molecular formula is C28H29F4N5O2. The number of guanidine groups is 1. The highest BCUT2D eigenvalue weighted by atomic mass is 19.4. The molecule has 0 atom stereocenters. The number of alkyl halides is 3. The molecule has 0 radical (unpaired) electrons. The molecule has 3 aromatic rings. The number of esters is 1. The molecule has 39 heavy (non-hydrogen) atoms. The van der Waals surface area contributed by atoms with Crippen molar-refractivity contribution in [2.45, 2.75) is 32.4 Å². The van der Waals surface area contributed by atoms with E-state index < -0.39 is 17.6 Å². The lowest BCUT2D eigenvalue weighted by Gasteiger charge is -2.38. The van der Waals surface area contributed by atoms with Gasteiger partial charge in [0.25, 0.3) is 0 Å². The minimum atomic E-state index is -4.78. The number of hydrogen-bond donors (Lipinski definition) is 1. The van der Waals surface area contributed by atoms with Gasteiger partial charge < -0.3 is 19.5 Å². The van der Waals surface area contributed by atoms with Crippen molar-refractivity contribution in [3.05, 3.63) is 59.5 Å². The van der Waals surface area contributed by atoms with Crippen LogP contribution >= 0.6 is 0 Å². The van der Waals surface area contributed by atoms with Gasteiger partial charge in [-0.3, -0.25) is 4.79 Å². The molecule has 1 aromatic heterocycles. The number of nitrogens with zero attached hydrogens (tertiary/aromatic N) is 4. The number of nitrogens with one attached hydrogen (secondary N) is 1. The van der Waals surface area contributed by atoms with Crippen LogP contribution in [0.1, 0.15) is 37.3 Å². The molecule has 3 heterocycles. The van der Waals surface area contributed by atoms with E-state index in [9.17, 15) is 22.4 Å². The summed E-state index contributed by atoms with van der Waals surface area (Å²) in [6.45, 7) is 4.54. The molecule has 2 aromatic carbocycles. The average Bonchev–Trinajstić information content (AvgIpc) is 3.31. The monoisotopic (exact) mass is 543 g/mol. The number of carbonyl (C=O) groups is 1. The highest BCUT2D eigenvalue weighted by molar-refractivity contribution is 5.86. The number of likely N-dealkylation sites (tertiary alicyclic amines) is 1. The number of halogens is 4. The fraction of sp³-hybridized carbons (Fsp3) is 0.393. The van der Waals surface area contributed by atoms with E-state index in [1.54, 1.807) is 0 Å². The van der Waals surface area contributed by atoms with Crippen LogP contribution in [0.2, 0.25) is 0 Å². The van der Waals surface area contributed by atoms with E-state index in [1.807, 2.05) is 44.4 Å². The van der Waals surface area contributed by atoms with Gasteiger partial charge in [0.05, 0.1) is 23.2 Å². The lowest BCUT2D eigenvalue weighted by Crippen LogP contribution is -2.47. The zero-order chi connectivity index (χ0) is 27.7. The summed E-state index contributed by atoms with van der Waals surface area (Å²) in [6.07, 6.45) is -0.637. The number of hydrogen-bond acceptors (Lipinski definition) is 6. The maximum atomic E-state index is 13.9. The average molecular weight is 544 g/mol. The van der Waals surface area contributed by atoms with E-state index in [-0.39, 0.29) is 17.0 Å². The number of benzene rings is 2. The molecule has 0 spiro atoms. The van der Waals surface area contributed by atoms with Crippen molar-refractivity contribution in [1.29, 1.82) is 0 Å². The van der Waals surface area contributed by atoms with Gasteiger partial charge >= 0.3 is 12.1 Å². The number of aliphatic imine (C=N–C) groups is 1. The lowest BCUT2D eigenvalue weighted by atomic mass is 9.93. The summed E-state index contributed by atoms with van der Waals surface area (Å²) in [6, 6.07) is 9.01. The normalized spacial score (nSPS) is 16.9. The Kier molecular flexibility index (Phi) is 7.33. The number of ether oxygens (including phenoxy) is 1. The fourth-order valence-electron chi connectivity index (χ4n) is 5.11. The summed E-state index contributed by atoms with van der Waals surface area (Å²) in [7, 11) is 1.99. The number of fused-ring (bicyclic) bond motifs is 1. The van der Waals surface area contributed by atoms with Gasteiger partial charge in [0, 0.05) is 50.9 Å². The molecule has 0 amide bonds. The number of likely N-dealkylation sites (N-methyl/N-ethyl adjacent to an activating group) is 1. The summed E-state index contributed by atoms with van der Waals surface area (Å²) in [5, 5.41) is 0. The quantitative estimate of drug-likeness (QED) is 0.330. The van der Waals surface area contributed by atoms with Gasteiger partial charge in [0.2, 0.25) is 5.96 Å². The van der Waals surface area contributed by atoms with Crippen LogP contribution in [0.25, 0.3) is 28.0 Å². The third kappa shape index (κ3) is 5.76. The topological polar surface area (TPSA) is 73.8 Å². The van der Waals surface area contributed by atoms with E-state index >= 15 is 0 Å². The second-order valence-electron chi connectivity index (χ2n) is 9.89. The van der Waals surface area contributed by atoms with Crippen molar-refractivity contribution in [3.8, 4) is 11.4 Å². The molecule has 7 nitrogen and oxygen atoms in total. The minimum Gasteiger partial charge on any atom is -0.466 e. The molecule has 0 unspecified atom stereocenters. The van der Waals surface area contributed by atoms with E-state index in [4.69, 9.17) is 9.73 Å². The van der Waals surface area contributed by atoms with Crippen molar-refractivity contribution < 1.29 is 27.1 Å². The van der Waals surface area contributed by atoms with Crippen LogP contribution in [0.15, 0.2) is 47.6 Å². The SMILES string of the molecule is CCOC(=O)CC1CCN(C2=NC=C(c3ccc(-c4nc5cc(F)c(C(F)(F)F)cc5[nH]4)cc3)CN2C)CC1. The van der Waals surface area contributed by atoms with Crippen LogP contribution in [-0.2, 0) is 15.7 Å². The number of imidazole rings is 1. The van der Waals surface area contributed by atoms with Gasteiger partial charge in [-0.05, 0) is 42.9 Å². The highest BCUT2D eigenvalue weighted by Gasteiger charge is 2.35. The van der Waals surface area contributed by atoms with Crippen LogP contribution in [0, 0.1) is 11.7 Å². The van der Waals surface area contributed by atoms with Crippen molar-refractivity contribution in [3.63, 3.8) is 0 Å². The third-order valence-corrected chi connectivity index (χ3v) is 7.15. The Bertz CT molecular complexity index is 1420. The standard InChI is InChI=1S/C28H29F4N5O2/c1-3-39-25(38)12-17-8-10-37(11-9-17)27-33-15-20(16-36(27)2)18-4-6-19(7-5-18)26-34-23-13-21(28(30,31)32)22(29)14-24(23)35-26/h4-7,13-15,17H,3,8-12,16H2,1-2H3,(H,34,35). The van der Waals surface area contributed by atoms with E-state index in [0.29, 0.717) is 36.9 Å². The Labute approximate surface area is 223 Å². The van der Waals surface area contributed by atoms with Gasteiger partial charge in [-0.2, -0.15) is 13.2 Å². The van der Waals surface area contributed by atoms with Crippen LogP contribution < -0.4 is 0 Å². The summed E-state index contributed by atoms with van der Waals surface area (Å²) < 4.78 is 58.2. The Balaban J connectivity index is 1.27. The molecular weight excluding hydrogens is 514 g/mol. The molecule has 0 bridgehead atoms. The third-order valence-electron chi connectivity index (χ3n) is 7.15. The van der Waals surface area contributed by atoms with Crippen molar-refractivity contribution in [2.75, 3.05) is 33.3 Å². The smallest absolute Gasteiger partial charge is 0.419 e. The number of carbonyl (C=O) groups excluding carboxylic acids is 1. The number of aromatic amines is 1. The first-order chi connectivity index (χ1) is 18.6. The number of H-pyrrole nitrogens is 1. The fourth-order valence-corrected chi connectivity index (χ4v) is 5.11. The first kappa shape index (κ1) is 26.7. The first-order valence-electron chi connectivity index (χ1n) is 12.9. The predicted octanol–water partition coefficient (Wildman–Crippen LogP) is 5.70. The van der Waals surface area contributed by atoms with Crippen LogP contribution in [-0.4, -0.2) is 65.0 Å².